The van der Waals surface area contributed by atoms with Crippen molar-refractivity contribution in [3.05, 3.63) is 0 Å². The van der Waals surface area contributed by atoms with Gasteiger partial charge < -0.3 is 0 Å². The summed E-state index contributed by atoms with van der Waals surface area (Å²) in [6, 6.07) is 0. The minimum absolute atomic E-state index is 0.105. The molecule has 0 aromatic carbocycles. The number of nitrogens with zero attached hydrogens (tertiary/aromatic N) is 1. The monoisotopic (exact) mass is 157 g/mol. The Labute approximate surface area is 65.1 Å². The normalized spacial score (nSPS) is 17.8. The Kier molecular flexibility index (Phi) is 2.24. The lowest BCUT2D eigenvalue weighted by atomic mass is 9.83. The van der Waals surface area contributed by atoms with Crippen LogP contribution in [0.15, 0.2) is 0 Å². The lowest BCUT2D eigenvalue weighted by Gasteiger charge is -2.26. The number of hydrogen-bond donors (Lipinski definition) is 0. The van der Waals surface area contributed by atoms with E-state index in [0.29, 0.717) is 12.8 Å². The predicted octanol–water partition coefficient (Wildman–Crippen LogP) is -0.0147. The van der Waals surface area contributed by atoms with Crippen molar-refractivity contribution in [1.82, 2.24) is 5.06 Å². The molecule has 1 fully saturated rings. The predicted molar refractivity (Wildman–Crippen MR) is 37.5 cm³/mol. The van der Waals surface area contributed by atoms with Gasteiger partial charge in [-0.15, -0.1) is 0 Å². The summed E-state index contributed by atoms with van der Waals surface area (Å²) in [5.41, 5.74) is 0. The summed E-state index contributed by atoms with van der Waals surface area (Å²) < 4.78 is 0. The largest absolute Gasteiger partial charge is 0.300 e. The quantitative estimate of drug-likeness (QED) is 0.529. The van der Waals surface area contributed by atoms with E-state index in [1.807, 2.05) is 0 Å². The summed E-state index contributed by atoms with van der Waals surface area (Å²) in [6.45, 7) is 0. The fraction of sp³-hybridized carbons (Fsp3) is 0.714. The van der Waals surface area contributed by atoms with Crippen LogP contribution in [0.3, 0.4) is 0 Å². The average molecular weight is 157 g/mol. The van der Waals surface area contributed by atoms with Crippen LogP contribution < -0.4 is 0 Å². The first-order valence-electron chi connectivity index (χ1n) is 3.48. The standard InChI is InChI=1S/C7H11NO3/c1-8(11-2)7(10)5-3-6(9)4-5/h5H,3-4H2,1-2H3. The SMILES string of the molecule is CON(C)C(=O)C1CC(=O)C1. The lowest BCUT2D eigenvalue weighted by molar-refractivity contribution is -0.177. The van der Waals surface area contributed by atoms with E-state index in [-0.39, 0.29) is 17.6 Å². The van der Waals surface area contributed by atoms with Crippen LogP contribution in [-0.2, 0) is 14.4 Å². The molecule has 62 valence electrons. The maximum atomic E-state index is 11.2. The molecule has 11 heavy (non-hydrogen) atoms. The van der Waals surface area contributed by atoms with Gasteiger partial charge in [0.05, 0.1) is 13.0 Å². The van der Waals surface area contributed by atoms with Crippen LogP contribution in [0.4, 0.5) is 0 Å². The van der Waals surface area contributed by atoms with Crippen molar-refractivity contribution in [2.75, 3.05) is 14.2 Å². The molecule has 0 unspecified atom stereocenters. The van der Waals surface area contributed by atoms with Crippen molar-refractivity contribution in [2.24, 2.45) is 5.92 Å². The summed E-state index contributed by atoms with van der Waals surface area (Å²) >= 11 is 0. The number of Topliss-reactive ketones (excluding diaryl/α,β-unsaturated/α-hetero) is 1. The number of hydrogen-bond acceptors (Lipinski definition) is 3. The van der Waals surface area contributed by atoms with Gasteiger partial charge in [-0.05, 0) is 0 Å². The Morgan fingerprint density at radius 3 is 2.55 bits per heavy atom. The number of amides is 1. The Morgan fingerprint density at radius 1 is 1.64 bits per heavy atom. The lowest BCUT2D eigenvalue weighted by Crippen LogP contribution is -2.39. The first-order valence-corrected chi connectivity index (χ1v) is 3.48. The second-order valence-electron chi connectivity index (χ2n) is 2.66. The van der Waals surface area contributed by atoms with Gasteiger partial charge in [0.25, 0.3) is 0 Å². The van der Waals surface area contributed by atoms with E-state index >= 15 is 0 Å². The second-order valence-corrected chi connectivity index (χ2v) is 2.66. The van der Waals surface area contributed by atoms with Gasteiger partial charge in [-0.3, -0.25) is 14.4 Å². The summed E-state index contributed by atoms with van der Waals surface area (Å²) in [7, 11) is 2.98. The molecule has 1 rings (SSSR count). The van der Waals surface area contributed by atoms with E-state index in [2.05, 4.69) is 4.84 Å². The number of carbonyl (C=O) groups excluding carboxylic acids is 2. The number of carbonyl (C=O) groups is 2. The molecule has 0 aliphatic heterocycles. The Bertz CT molecular complexity index is 182. The van der Waals surface area contributed by atoms with Crippen LogP contribution in [0, 0.1) is 5.92 Å². The fourth-order valence-corrected chi connectivity index (χ4v) is 1.01. The molecule has 1 amide bonds. The Balaban J connectivity index is 2.37. The molecule has 4 nitrogen and oxygen atoms in total. The third-order valence-corrected chi connectivity index (χ3v) is 1.88. The molecule has 0 bridgehead atoms. The minimum atomic E-state index is -0.132. The molecular weight excluding hydrogens is 146 g/mol. The van der Waals surface area contributed by atoms with Crippen LogP contribution in [0.5, 0.6) is 0 Å². The highest BCUT2D eigenvalue weighted by Gasteiger charge is 2.34. The highest BCUT2D eigenvalue weighted by molar-refractivity contribution is 5.95. The molecule has 0 aromatic heterocycles. The first kappa shape index (κ1) is 8.20. The zero-order valence-corrected chi connectivity index (χ0v) is 6.66. The van der Waals surface area contributed by atoms with Crippen LogP contribution >= 0.6 is 0 Å². The van der Waals surface area contributed by atoms with Crippen LogP contribution in [0.25, 0.3) is 0 Å². The Hall–Kier alpha value is -0.900. The average Bonchev–Trinajstić information content (AvgIpc) is 1.96. The van der Waals surface area contributed by atoms with Gasteiger partial charge in [-0.25, -0.2) is 5.06 Å². The Morgan fingerprint density at radius 2 is 2.18 bits per heavy atom. The van der Waals surface area contributed by atoms with Crippen LogP contribution in [0.2, 0.25) is 0 Å². The first-order chi connectivity index (χ1) is 5.15. The summed E-state index contributed by atoms with van der Waals surface area (Å²) in [5.74, 6) is -0.0765. The van der Waals surface area contributed by atoms with Crippen LogP contribution in [-0.4, -0.2) is 30.9 Å². The summed E-state index contributed by atoms with van der Waals surface area (Å²) in [6.07, 6.45) is 0.763. The second kappa shape index (κ2) is 3.00. The molecule has 0 atom stereocenters. The highest BCUT2D eigenvalue weighted by Crippen LogP contribution is 2.24. The third-order valence-electron chi connectivity index (χ3n) is 1.88. The molecule has 4 heteroatoms. The summed E-state index contributed by atoms with van der Waals surface area (Å²) in [4.78, 5) is 26.3. The van der Waals surface area contributed by atoms with Crippen molar-refractivity contribution in [1.29, 1.82) is 0 Å². The van der Waals surface area contributed by atoms with E-state index in [4.69, 9.17) is 0 Å². The van der Waals surface area contributed by atoms with Gasteiger partial charge in [-0.1, -0.05) is 0 Å². The van der Waals surface area contributed by atoms with Gasteiger partial charge >= 0.3 is 0 Å². The molecule has 1 aliphatic rings. The smallest absolute Gasteiger partial charge is 0.249 e. The topological polar surface area (TPSA) is 46.6 Å². The van der Waals surface area contributed by atoms with Crippen molar-refractivity contribution >= 4 is 11.7 Å². The van der Waals surface area contributed by atoms with Gasteiger partial charge in [0.15, 0.2) is 0 Å². The number of hydroxylamine groups is 2. The highest BCUT2D eigenvalue weighted by atomic mass is 16.7. The zero-order chi connectivity index (χ0) is 8.43. The molecule has 0 radical (unpaired) electrons. The van der Waals surface area contributed by atoms with Crippen LogP contribution in [0.1, 0.15) is 12.8 Å². The molecule has 0 aromatic rings. The summed E-state index contributed by atoms with van der Waals surface area (Å²) in [5, 5.41) is 1.16. The van der Waals surface area contributed by atoms with Crippen molar-refractivity contribution in [3.63, 3.8) is 0 Å². The van der Waals surface area contributed by atoms with E-state index < -0.39 is 0 Å². The third kappa shape index (κ3) is 1.57. The molecular formula is C7H11NO3. The maximum absolute atomic E-state index is 11.2. The van der Waals surface area contributed by atoms with Crippen molar-refractivity contribution in [2.45, 2.75) is 12.8 Å². The van der Waals surface area contributed by atoms with E-state index in [1.54, 1.807) is 7.05 Å². The van der Waals surface area contributed by atoms with Crippen molar-refractivity contribution < 1.29 is 14.4 Å². The molecule has 0 N–H and O–H groups in total. The van der Waals surface area contributed by atoms with Gasteiger partial charge in [-0.2, -0.15) is 0 Å². The fourth-order valence-electron chi connectivity index (χ4n) is 1.01. The molecule has 0 heterocycles. The number of ketones is 1. The minimum Gasteiger partial charge on any atom is -0.300 e. The van der Waals surface area contributed by atoms with Gasteiger partial charge in [0.2, 0.25) is 5.91 Å². The zero-order valence-electron chi connectivity index (χ0n) is 6.66. The molecule has 1 saturated carbocycles. The number of rotatable bonds is 2. The molecule has 1 aliphatic carbocycles. The van der Waals surface area contributed by atoms with E-state index in [9.17, 15) is 9.59 Å². The van der Waals surface area contributed by atoms with Gasteiger partial charge in [0, 0.05) is 19.9 Å². The maximum Gasteiger partial charge on any atom is 0.249 e. The van der Waals surface area contributed by atoms with Gasteiger partial charge in [0.1, 0.15) is 5.78 Å². The van der Waals surface area contributed by atoms with E-state index in [0.717, 1.165) is 5.06 Å². The molecule has 0 saturated heterocycles. The molecule has 0 spiro atoms. The van der Waals surface area contributed by atoms with E-state index in [1.165, 1.54) is 7.11 Å². The van der Waals surface area contributed by atoms with Crippen molar-refractivity contribution in [3.8, 4) is 0 Å².